The fourth-order valence-electron chi connectivity index (χ4n) is 4.21. The summed E-state index contributed by atoms with van der Waals surface area (Å²) in [5.74, 6) is -0.728. The summed E-state index contributed by atoms with van der Waals surface area (Å²) in [6.45, 7) is 0. The summed E-state index contributed by atoms with van der Waals surface area (Å²) < 4.78 is 0. The van der Waals surface area contributed by atoms with Gasteiger partial charge in [0, 0.05) is 50.6 Å². The van der Waals surface area contributed by atoms with E-state index in [2.05, 4.69) is 86.7 Å². The Balaban J connectivity index is 1.58. The monoisotopic (exact) mass is 426 g/mol. The van der Waals surface area contributed by atoms with Crippen LogP contribution in [0.4, 0.5) is 0 Å². The van der Waals surface area contributed by atoms with Gasteiger partial charge >= 0.3 is 5.97 Å². The molecule has 32 heavy (non-hydrogen) atoms. The molecule has 8 bridgehead atoms. The summed E-state index contributed by atoms with van der Waals surface area (Å²) in [5.41, 5.74) is 5.39. The lowest BCUT2D eigenvalue weighted by molar-refractivity contribution is -0.137. The van der Waals surface area contributed by atoms with Crippen LogP contribution in [0.15, 0.2) is 48.5 Å². The summed E-state index contributed by atoms with van der Waals surface area (Å²) in [5, 5.41) is 13.1. The first-order valence-electron chi connectivity index (χ1n) is 11.0. The van der Waals surface area contributed by atoms with Gasteiger partial charge in [-0.05, 0) is 91.6 Å². The number of hydrogen-bond donors (Lipinski definition) is 5. The molecule has 6 nitrogen and oxygen atoms in total. The predicted octanol–water partition coefficient (Wildman–Crippen LogP) is 2.03. The zero-order valence-corrected chi connectivity index (χ0v) is 17.7. The molecule has 6 heteroatoms. The Labute approximate surface area is 184 Å². The first-order valence-corrected chi connectivity index (χ1v) is 11.0. The topological polar surface area (TPSA) is 100 Å². The average molecular weight is 427 g/mol. The maximum absolute atomic E-state index is 10.8. The molecule has 162 valence electrons. The van der Waals surface area contributed by atoms with Crippen LogP contribution in [0.2, 0.25) is 0 Å². The first-order chi connectivity index (χ1) is 15.6. The molecule has 0 unspecified atom stereocenters. The Hall–Kier alpha value is -3.93. The summed E-state index contributed by atoms with van der Waals surface area (Å²) in [7, 11) is 0. The summed E-state index contributed by atoms with van der Waals surface area (Å²) in [4.78, 5) is 24.8. The molecule has 5 N–H and O–H groups in total. The molecule has 5 heterocycles. The molecule has 1 aliphatic heterocycles. The molecule has 0 saturated heterocycles. The van der Waals surface area contributed by atoms with Gasteiger partial charge in [-0.25, -0.2) is 0 Å². The van der Waals surface area contributed by atoms with E-state index in [1.807, 2.05) is 0 Å². The number of aromatic amines is 4. The van der Waals surface area contributed by atoms with Crippen LogP contribution < -0.4 is 21.4 Å². The van der Waals surface area contributed by atoms with Gasteiger partial charge in [0.05, 0.1) is 0 Å². The number of aromatic nitrogens is 4. The minimum absolute atomic E-state index is 0.228. The molecule has 0 radical (unpaired) electrons. The van der Waals surface area contributed by atoms with E-state index in [9.17, 15) is 4.79 Å². The van der Waals surface area contributed by atoms with Crippen LogP contribution in [0.1, 0.15) is 54.9 Å². The van der Waals surface area contributed by atoms with Gasteiger partial charge in [0.15, 0.2) is 0 Å². The number of carbonyl (C=O) groups is 1. The van der Waals surface area contributed by atoms with Crippen molar-refractivity contribution in [2.75, 3.05) is 0 Å². The van der Waals surface area contributed by atoms with Crippen molar-refractivity contribution in [3.8, 4) is 0 Å². The smallest absolute Gasteiger partial charge is 0.303 e. The van der Waals surface area contributed by atoms with Gasteiger partial charge in [0.1, 0.15) is 0 Å². The lowest BCUT2D eigenvalue weighted by Crippen LogP contribution is -2.14. The Kier molecular flexibility index (Phi) is 5.42. The third-order valence-electron chi connectivity index (χ3n) is 5.78. The van der Waals surface area contributed by atoms with Crippen molar-refractivity contribution in [1.82, 2.24) is 19.9 Å². The van der Waals surface area contributed by atoms with Crippen LogP contribution in [0, 0.1) is 0 Å². The molecular formula is C26H26N4O2. The van der Waals surface area contributed by atoms with Gasteiger partial charge in [0.25, 0.3) is 0 Å². The number of nitrogens with one attached hydrogen (secondary N) is 4. The highest BCUT2D eigenvalue weighted by molar-refractivity contribution is 5.66. The molecule has 0 saturated carbocycles. The van der Waals surface area contributed by atoms with E-state index in [4.69, 9.17) is 5.11 Å². The van der Waals surface area contributed by atoms with Crippen molar-refractivity contribution in [3.05, 3.63) is 92.7 Å². The van der Waals surface area contributed by atoms with E-state index in [0.29, 0.717) is 6.42 Å². The second-order valence-corrected chi connectivity index (χ2v) is 8.26. The Morgan fingerprint density at radius 3 is 2.00 bits per heavy atom. The fraction of sp³-hybridized carbons (Fsp3) is 0.192. The maximum atomic E-state index is 10.8. The van der Waals surface area contributed by atoms with Gasteiger partial charge in [-0.2, -0.15) is 0 Å². The fourth-order valence-corrected chi connectivity index (χ4v) is 4.21. The van der Waals surface area contributed by atoms with Crippen molar-refractivity contribution < 1.29 is 9.90 Å². The lowest BCUT2D eigenvalue weighted by atomic mass is 10.0. The Morgan fingerprint density at radius 1 is 0.656 bits per heavy atom. The van der Waals surface area contributed by atoms with E-state index in [0.717, 1.165) is 63.4 Å². The zero-order valence-electron chi connectivity index (χ0n) is 17.7. The molecule has 4 aromatic heterocycles. The molecular weight excluding hydrogens is 400 g/mol. The summed E-state index contributed by atoms with van der Waals surface area (Å²) >= 11 is 0. The van der Waals surface area contributed by atoms with Gasteiger partial charge in [-0.15, -0.1) is 0 Å². The van der Waals surface area contributed by atoms with Gasteiger partial charge in [-0.1, -0.05) is 6.42 Å². The van der Waals surface area contributed by atoms with Crippen molar-refractivity contribution in [1.29, 1.82) is 0 Å². The molecule has 1 aliphatic rings. The van der Waals surface area contributed by atoms with E-state index in [1.165, 1.54) is 5.57 Å². The molecule has 5 rings (SSSR count). The highest BCUT2D eigenvalue weighted by Crippen LogP contribution is 2.19. The Bertz CT molecular complexity index is 1490. The third-order valence-corrected chi connectivity index (χ3v) is 5.78. The SMILES string of the molecule is O=C(O)CCCCCC1=c2ccc([nH]2)=Cc2ccc([nH]2)C=c2ccc([nH]2)=Cc2ccc1[nH]2. The van der Waals surface area contributed by atoms with E-state index < -0.39 is 5.97 Å². The number of carboxylic acids is 1. The van der Waals surface area contributed by atoms with E-state index in [-0.39, 0.29) is 6.42 Å². The van der Waals surface area contributed by atoms with Crippen molar-refractivity contribution >= 4 is 29.8 Å². The molecule has 0 aliphatic carbocycles. The lowest BCUT2D eigenvalue weighted by Gasteiger charge is -2.05. The summed E-state index contributed by atoms with van der Waals surface area (Å²) in [6.07, 6.45) is 9.93. The number of H-pyrrole nitrogens is 4. The molecule has 0 spiro atoms. The standard InChI is InChI=1S/C26H26N4O2/c31-26(32)5-3-1-2-4-23-24-12-10-21(29-24)15-19-8-6-17(27-19)14-18-7-9-20(28-18)16-22-11-13-25(23)30-22/h6-16,27-30H,1-5H2,(H,31,32). The minimum atomic E-state index is -0.728. The van der Waals surface area contributed by atoms with Crippen molar-refractivity contribution in [2.24, 2.45) is 0 Å². The van der Waals surface area contributed by atoms with Gasteiger partial charge in [-0.3, -0.25) is 4.79 Å². The number of hydrogen-bond acceptors (Lipinski definition) is 1. The van der Waals surface area contributed by atoms with Crippen LogP contribution in [-0.4, -0.2) is 31.0 Å². The van der Waals surface area contributed by atoms with E-state index >= 15 is 0 Å². The maximum Gasteiger partial charge on any atom is 0.303 e. The molecule has 4 aromatic rings. The molecule has 0 atom stereocenters. The van der Waals surface area contributed by atoms with E-state index in [1.54, 1.807) is 0 Å². The van der Waals surface area contributed by atoms with Crippen LogP contribution in [0.5, 0.6) is 0 Å². The molecule has 0 fully saturated rings. The second-order valence-electron chi connectivity index (χ2n) is 8.26. The summed E-state index contributed by atoms with van der Waals surface area (Å²) in [6, 6.07) is 16.7. The second kappa shape index (κ2) is 8.67. The van der Waals surface area contributed by atoms with Crippen LogP contribution in [0.3, 0.4) is 0 Å². The number of unbranched alkanes of at least 4 members (excludes halogenated alkanes) is 2. The minimum Gasteiger partial charge on any atom is -0.481 e. The van der Waals surface area contributed by atoms with Crippen LogP contribution in [-0.2, 0) is 4.79 Å². The number of carboxylic acid groups (broad SMARTS) is 1. The molecule has 0 amide bonds. The number of fused-ring (bicyclic) bond motifs is 8. The first kappa shape index (κ1) is 20.0. The van der Waals surface area contributed by atoms with Crippen LogP contribution in [0.25, 0.3) is 23.8 Å². The number of aliphatic carboxylic acids is 1. The Morgan fingerprint density at radius 2 is 1.28 bits per heavy atom. The largest absolute Gasteiger partial charge is 0.481 e. The quantitative estimate of drug-likeness (QED) is 0.305. The van der Waals surface area contributed by atoms with Gasteiger partial charge < -0.3 is 25.0 Å². The molecule has 0 aromatic carbocycles. The predicted molar refractivity (Wildman–Crippen MR) is 126 cm³/mol. The van der Waals surface area contributed by atoms with Crippen molar-refractivity contribution in [2.45, 2.75) is 32.1 Å². The zero-order chi connectivity index (χ0) is 21.9. The van der Waals surface area contributed by atoms with Crippen LogP contribution >= 0.6 is 0 Å². The number of rotatable bonds is 6. The highest BCUT2D eigenvalue weighted by Gasteiger charge is 2.08. The average Bonchev–Trinajstić information content (AvgIpc) is 3.55. The third kappa shape index (κ3) is 4.54. The normalized spacial score (nSPS) is 12.7. The highest BCUT2D eigenvalue weighted by atomic mass is 16.4. The van der Waals surface area contributed by atoms with Gasteiger partial charge in [0.2, 0.25) is 0 Å². The van der Waals surface area contributed by atoms with Crippen molar-refractivity contribution in [3.63, 3.8) is 0 Å².